The highest BCUT2D eigenvalue weighted by Gasteiger charge is 2.17. The van der Waals surface area contributed by atoms with Gasteiger partial charge in [0.15, 0.2) is 0 Å². The van der Waals surface area contributed by atoms with Crippen LogP contribution in [0.3, 0.4) is 0 Å². The number of hydrogen-bond acceptors (Lipinski definition) is 4. The summed E-state index contributed by atoms with van der Waals surface area (Å²) in [6.45, 7) is 10.3. The van der Waals surface area contributed by atoms with Gasteiger partial charge in [0.05, 0.1) is 6.61 Å². The molecule has 0 amide bonds. The van der Waals surface area contributed by atoms with Crippen LogP contribution in [0.1, 0.15) is 19.4 Å². The van der Waals surface area contributed by atoms with Crippen LogP contribution >= 0.6 is 15.9 Å². The van der Waals surface area contributed by atoms with Gasteiger partial charge in [-0.05, 0) is 32.0 Å². The van der Waals surface area contributed by atoms with Gasteiger partial charge in [0.2, 0.25) is 0 Å². The summed E-state index contributed by atoms with van der Waals surface area (Å²) in [5, 5.41) is 3.47. The van der Waals surface area contributed by atoms with Gasteiger partial charge in [0.1, 0.15) is 12.4 Å². The fourth-order valence-electron chi connectivity index (χ4n) is 2.56. The lowest BCUT2D eigenvalue weighted by atomic mass is 10.1. The van der Waals surface area contributed by atoms with Crippen molar-refractivity contribution in [3.63, 3.8) is 0 Å². The van der Waals surface area contributed by atoms with Crippen molar-refractivity contribution in [1.29, 1.82) is 0 Å². The number of piperazine rings is 1. The Morgan fingerprint density at radius 3 is 3.00 bits per heavy atom. The van der Waals surface area contributed by atoms with Gasteiger partial charge < -0.3 is 14.8 Å². The Morgan fingerprint density at radius 2 is 2.24 bits per heavy atom. The molecule has 1 aromatic carbocycles. The molecule has 0 unspecified atom stereocenters. The Bertz CT molecular complexity index is 442. The molecule has 1 atom stereocenters. The maximum absolute atomic E-state index is 5.87. The summed E-state index contributed by atoms with van der Waals surface area (Å²) in [7, 11) is 0. The van der Waals surface area contributed by atoms with E-state index in [4.69, 9.17) is 9.47 Å². The van der Waals surface area contributed by atoms with E-state index in [0.717, 1.165) is 43.0 Å². The molecule has 1 N–H and O–H groups in total. The molecule has 1 aliphatic rings. The van der Waals surface area contributed by atoms with Gasteiger partial charge in [-0.2, -0.15) is 0 Å². The van der Waals surface area contributed by atoms with Gasteiger partial charge in [-0.1, -0.05) is 15.9 Å². The molecule has 1 heterocycles. The Kier molecular flexibility index (Phi) is 6.96. The van der Waals surface area contributed by atoms with Crippen molar-refractivity contribution in [2.24, 2.45) is 0 Å². The van der Waals surface area contributed by atoms with Crippen LogP contribution in [0.5, 0.6) is 5.75 Å². The fourth-order valence-corrected chi connectivity index (χ4v) is 2.97. The second kappa shape index (κ2) is 8.73. The highest BCUT2D eigenvalue weighted by molar-refractivity contribution is 9.10. The van der Waals surface area contributed by atoms with Crippen molar-refractivity contribution in [3.05, 3.63) is 28.2 Å². The third kappa shape index (κ3) is 5.58. The molecular formula is C16H25BrN2O2. The predicted molar refractivity (Wildman–Crippen MR) is 88.9 cm³/mol. The maximum atomic E-state index is 5.87. The molecule has 0 radical (unpaired) electrons. The average Bonchev–Trinajstić information content (AvgIpc) is 2.45. The summed E-state index contributed by atoms with van der Waals surface area (Å²) in [4.78, 5) is 2.47. The number of nitrogens with zero attached hydrogens (tertiary/aromatic N) is 1. The minimum atomic E-state index is 0.549. The van der Waals surface area contributed by atoms with Gasteiger partial charge in [-0.15, -0.1) is 0 Å². The Balaban J connectivity index is 1.97. The molecule has 5 heteroatoms. The lowest BCUT2D eigenvalue weighted by Gasteiger charge is -2.32. The molecule has 118 valence electrons. The van der Waals surface area contributed by atoms with Crippen LogP contribution in [0, 0.1) is 0 Å². The fraction of sp³-hybridized carbons (Fsp3) is 0.625. The van der Waals surface area contributed by atoms with Crippen LogP contribution in [0.15, 0.2) is 22.7 Å². The number of benzene rings is 1. The minimum absolute atomic E-state index is 0.549. The van der Waals surface area contributed by atoms with Crippen LogP contribution in [0.25, 0.3) is 0 Å². The maximum Gasteiger partial charge on any atom is 0.123 e. The van der Waals surface area contributed by atoms with Gasteiger partial charge in [0.25, 0.3) is 0 Å². The molecule has 0 aliphatic carbocycles. The number of ether oxygens (including phenoxy) is 2. The second-order valence-corrected chi connectivity index (χ2v) is 6.30. The van der Waals surface area contributed by atoms with Crippen LogP contribution in [0.4, 0.5) is 0 Å². The molecule has 1 fully saturated rings. The van der Waals surface area contributed by atoms with E-state index in [1.807, 2.05) is 19.1 Å². The molecule has 0 aromatic heterocycles. The standard InChI is InChI=1S/C16H25BrN2O2/c1-3-20-8-9-21-16-5-4-15(17)10-14(16)12-19-7-6-18-13(2)11-19/h4-5,10,13,18H,3,6-9,11-12H2,1-2H3/t13-/m0/s1. The average molecular weight is 357 g/mol. The molecule has 0 bridgehead atoms. The van der Waals surface area contributed by atoms with Crippen LogP contribution < -0.4 is 10.1 Å². The number of halogens is 1. The zero-order valence-corrected chi connectivity index (χ0v) is 14.5. The summed E-state index contributed by atoms with van der Waals surface area (Å²) in [5.74, 6) is 0.962. The normalized spacial score (nSPS) is 19.7. The summed E-state index contributed by atoms with van der Waals surface area (Å²) in [6, 6.07) is 6.77. The summed E-state index contributed by atoms with van der Waals surface area (Å²) < 4.78 is 12.3. The van der Waals surface area contributed by atoms with Crippen molar-refractivity contribution in [3.8, 4) is 5.75 Å². The third-order valence-corrected chi connectivity index (χ3v) is 4.05. The van der Waals surface area contributed by atoms with E-state index < -0.39 is 0 Å². The highest BCUT2D eigenvalue weighted by Crippen LogP contribution is 2.25. The topological polar surface area (TPSA) is 33.7 Å². The first-order chi connectivity index (χ1) is 10.2. The van der Waals surface area contributed by atoms with E-state index >= 15 is 0 Å². The SMILES string of the molecule is CCOCCOc1ccc(Br)cc1CN1CCN[C@@H](C)C1. The quantitative estimate of drug-likeness (QED) is 0.761. The Labute approximate surface area is 135 Å². The first-order valence-corrected chi connectivity index (χ1v) is 8.43. The summed E-state index contributed by atoms with van der Waals surface area (Å²) in [5.41, 5.74) is 1.23. The number of rotatable bonds is 7. The molecule has 2 rings (SSSR count). The Morgan fingerprint density at radius 1 is 1.38 bits per heavy atom. The molecule has 1 aliphatic heterocycles. The molecule has 1 aromatic rings. The predicted octanol–water partition coefficient (Wildman–Crippen LogP) is 2.66. The molecule has 1 saturated heterocycles. The molecular weight excluding hydrogens is 332 g/mol. The van der Waals surface area contributed by atoms with Gasteiger partial charge in [0, 0.05) is 48.9 Å². The highest BCUT2D eigenvalue weighted by atomic mass is 79.9. The minimum Gasteiger partial charge on any atom is -0.491 e. The summed E-state index contributed by atoms with van der Waals surface area (Å²) >= 11 is 3.55. The largest absolute Gasteiger partial charge is 0.491 e. The van der Waals surface area contributed by atoms with Crippen LogP contribution in [-0.2, 0) is 11.3 Å². The lowest BCUT2D eigenvalue weighted by molar-refractivity contribution is 0.109. The van der Waals surface area contributed by atoms with Crippen molar-refractivity contribution in [2.75, 3.05) is 39.5 Å². The van der Waals surface area contributed by atoms with Crippen molar-refractivity contribution in [2.45, 2.75) is 26.4 Å². The smallest absolute Gasteiger partial charge is 0.123 e. The van der Waals surface area contributed by atoms with Crippen molar-refractivity contribution in [1.82, 2.24) is 10.2 Å². The molecule has 0 spiro atoms. The number of hydrogen-bond donors (Lipinski definition) is 1. The lowest BCUT2D eigenvalue weighted by Crippen LogP contribution is -2.48. The van der Waals surface area contributed by atoms with Crippen molar-refractivity contribution >= 4 is 15.9 Å². The van der Waals surface area contributed by atoms with E-state index in [9.17, 15) is 0 Å². The van der Waals surface area contributed by atoms with E-state index in [-0.39, 0.29) is 0 Å². The first kappa shape index (κ1) is 16.7. The first-order valence-electron chi connectivity index (χ1n) is 7.63. The van der Waals surface area contributed by atoms with Crippen LogP contribution in [-0.4, -0.2) is 50.4 Å². The van der Waals surface area contributed by atoms with E-state index in [1.165, 1.54) is 5.56 Å². The number of nitrogens with one attached hydrogen (secondary N) is 1. The second-order valence-electron chi connectivity index (χ2n) is 5.39. The zero-order chi connectivity index (χ0) is 15.1. The molecule has 4 nitrogen and oxygen atoms in total. The van der Waals surface area contributed by atoms with Gasteiger partial charge in [-0.3, -0.25) is 4.90 Å². The van der Waals surface area contributed by atoms with E-state index in [0.29, 0.717) is 19.3 Å². The van der Waals surface area contributed by atoms with E-state index in [2.05, 4.69) is 39.1 Å². The molecule has 21 heavy (non-hydrogen) atoms. The van der Waals surface area contributed by atoms with Crippen LogP contribution in [0.2, 0.25) is 0 Å². The third-order valence-electron chi connectivity index (χ3n) is 3.56. The Hall–Kier alpha value is -0.620. The molecule has 0 saturated carbocycles. The van der Waals surface area contributed by atoms with Crippen molar-refractivity contribution < 1.29 is 9.47 Å². The summed E-state index contributed by atoms with van der Waals surface area (Å²) in [6.07, 6.45) is 0. The zero-order valence-electron chi connectivity index (χ0n) is 12.9. The van der Waals surface area contributed by atoms with E-state index in [1.54, 1.807) is 0 Å². The van der Waals surface area contributed by atoms with Gasteiger partial charge in [-0.25, -0.2) is 0 Å². The monoisotopic (exact) mass is 356 g/mol. The van der Waals surface area contributed by atoms with Gasteiger partial charge >= 0.3 is 0 Å².